The average molecular weight is 530 g/mol. The van der Waals surface area contributed by atoms with E-state index in [0.717, 1.165) is 16.9 Å². The second-order valence-corrected chi connectivity index (χ2v) is 7.90. The molecule has 2 aromatic carbocycles. The number of nitrogens with one attached hydrogen (secondary N) is 2. The average Bonchev–Trinajstić information content (AvgIpc) is 2.71. The number of benzene rings is 2. The molecule has 0 heterocycles. The molecule has 2 aromatic rings. The van der Waals surface area contributed by atoms with Gasteiger partial charge < -0.3 is 25.2 Å². The lowest BCUT2D eigenvalue weighted by molar-refractivity contribution is -0.142. The fourth-order valence-corrected chi connectivity index (χ4v) is 3.95. The Morgan fingerprint density at radius 2 is 1.79 bits per heavy atom. The van der Waals surface area contributed by atoms with Crippen LogP contribution in [-0.4, -0.2) is 43.9 Å². The smallest absolute Gasteiger partial charge is 0.328 e. The van der Waals surface area contributed by atoms with Gasteiger partial charge in [-0.25, -0.2) is 9.59 Å². The molecule has 0 aromatic heterocycles. The number of phenolic OH excluding ortho intramolecular Hbond substituents is 1. The highest BCUT2D eigenvalue weighted by atomic mass is 79.9. The molecule has 0 aliphatic carbocycles. The maximum atomic E-state index is 12.3. The first-order valence-electron chi connectivity index (χ1n) is 8.76. The molecule has 9 heteroatoms. The van der Waals surface area contributed by atoms with Crippen LogP contribution in [0.2, 0.25) is 0 Å². The van der Waals surface area contributed by atoms with Crippen molar-refractivity contribution >= 4 is 43.9 Å². The van der Waals surface area contributed by atoms with Crippen LogP contribution in [0.15, 0.2) is 45.3 Å². The molecule has 1 atom stereocenters. The van der Waals surface area contributed by atoms with Gasteiger partial charge in [-0.3, -0.25) is 0 Å². The van der Waals surface area contributed by atoms with Crippen LogP contribution in [0.25, 0.3) is 0 Å². The Morgan fingerprint density at radius 3 is 2.41 bits per heavy atom. The first-order valence-corrected chi connectivity index (χ1v) is 10.3. The number of carbonyl (C=O) groups excluding carboxylic acids is 2. The van der Waals surface area contributed by atoms with Crippen LogP contribution in [0.1, 0.15) is 11.1 Å². The first-order chi connectivity index (χ1) is 13.8. The van der Waals surface area contributed by atoms with Gasteiger partial charge in [-0.1, -0.05) is 12.1 Å². The monoisotopic (exact) mass is 528 g/mol. The van der Waals surface area contributed by atoms with Gasteiger partial charge in [-0.05, 0) is 73.7 Å². The molecule has 0 saturated heterocycles. The van der Waals surface area contributed by atoms with Crippen molar-refractivity contribution in [3.8, 4) is 11.5 Å². The van der Waals surface area contributed by atoms with Gasteiger partial charge in [-0.2, -0.15) is 0 Å². The highest BCUT2D eigenvalue weighted by molar-refractivity contribution is 9.11. The van der Waals surface area contributed by atoms with Crippen molar-refractivity contribution in [3.05, 3.63) is 56.5 Å². The second-order valence-electron chi connectivity index (χ2n) is 6.19. The van der Waals surface area contributed by atoms with Crippen molar-refractivity contribution in [3.63, 3.8) is 0 Å². The summed E-state index contributed by atoms with van der Waals surface area (Å²) < 4.78 is 10.9. The quantitative estimate of drug-likeness (QED) is 0.454. The van der Waals surface area contributed by atoms with Crippen LogP contribution in [0, 0.1) is 0 Å². The van der Waals surface area contributed by atoms with E-state index in [9.17, 15) is 14.7 Å². The van der Waals surface area contributed by atoms with E-state index in [1.54, 1.807) is 19.2 Å². The number of phenols is 1. The standard InChI is InChI=1S/C20H22Br2N2O5/c1-28-14-5-3-4-12(8-14)6-7-23-20(27)24-17(19(26)29-2)11-13-9-15(21)18(25)16(22)10-13/h3-5,8-10,17,25H,6-7,11H2,1-2H3,(H2,23,24,27)/t17-/m0/s1. The van der Waals surface area contributed by atoms with E-state index in [0.29, 0.717) is 21.9 Å². The summed E-state index contributed by atoms with van der Waals surface area (Å²) in [5, 5.41) is 15.2. The van der Waals surface area contributed by atoms with E-state index < -0.39 is 18.0 Å². The molecule has 0 unspecified atom stereocenters. The number of hydrogen-bond acceptors (Lipinski definition) is 5. The van der Waals surface area contributed by atoms with Gasteiger partial charge in [0.1, 0.15) is 17.5 Å². The van der Waals surface area contributed by atoms with Crippen LogP contribution >= 0.6 is 31.9 Å². The van der Waals surface area contributed by atoms with Gasteiger partial charge in [0.15, 0.2) is 0 Å². The Hall–Kier alpha value is -2.26. The van der Waals surface area contributed by atoms with Gasteiger partial charge in [-0.15, -0.1) is 0 Å². The molecule has 0 saturated carbocycles. The van der Waals surface area contributed by atoms with E-state index in [2.05, 4.69) is 42.5 Å². The minimum atomic E-state index is -0.875. The zero-order valence-electron chi connectivity index (χ0n) is 16.0. The Labute approximate surface area is 186 Å². The molecule has 0 fully saturated rings. The summed E-state index contributed by atoms with van der Waals surface area (Å²) in [5.74, 6) is 0.254. The summed E-state index contributed by atoms with van der Waals surface area (Å²) in [4.78, 5) is 24.4. The van der Waals surface area contributed by atoms with Crippen molar-refractivity contribution in [2.24, 2.45) is 0 Å². The van der Waals surface area contributed by atoms with E-state index >= 15 is 0 Å². The van der Waals surface area contributed by atoms with Crippen molar-refractivity contribution in [2.45, 2.75) is 18.9 Å². The fourth-order valence-electron chi connectivity index (χ4n) is 2.66. The maximum absolute atomic E-state index is 12.3. The maximum Gasteiger partial charge on any atom is 0.328 e. The SMILES string of the molecule is COC(=O)[C@H](Cc1cc(Br)c(O)c(Br)c1)NC(=O)NCCc1cccc(OC)c1. The number of ether oxygens (including phenoxy) is 2. The molecule has 2 amide bonds. The normalized spacial score (nSPS) is 11.4. The molecular formula is C20H22Br2N2O5. The highest BCUT2D eigenvalue weighted by Crippen LogP contribution is 2.33. The summed E-state index contributed by atoms with van der Waals surface area (Å²) in [6, 6.07) is 9.59. The van der Waals surface area contributed by atoms with E-state index in [1.165, 1.54) is 7.11 Å². The third-order valence-corrected chi connectivity index (χ3v) is 5.35. The van der Waals surface area contributed by atoms with Crippen LogP contribution < -0.4 is 15.4 Å². The van der Waals surface area contributed by atoms with Gasteiger partial charge in [0, 0.05) is 13.0 Å². The largest absolute Gasteiger partial charge is 0.506 e. The number of halogens is 2. The Kier molecular flexibility index (Phi) is 8.78. The molecule has 0 spiro atoms. The third kappa shape index (κ3) is 6.93. The zero-order chi connectivity index (χ0) is 21.4. The Bertz CT molecular complexity index is 853. The van der Waals surface area contributed by atoms with Gasteiger partial charge in [0.2, 0.25) is 0 Å². The minimum absolute atomic E-state index is 0.0617. The summed E-state index contributed by atoms with van der Waals surface area (Å²) in [5.41, 5.74) is 1.75. The summed E-state index contributed by atoms with van der Waals surface area (Å²) in [6.45, 7) is 0.392. The van der Waals surface area contributed by atoms with Crippen LogP contribution in [0.4, 0.5) is 4.79 Å². The number of aromatic hydroxyl groups is 1. The lowest BCUT2D eigenvalue weighted by Gasteiger charge is -2.18. The lowest BCUT2D eigenvalue weighted by atomic mass is 10.1. The molecule has 0 aliphatic rings. The van der Waals surface area contributed by atoms with Crippen molar-refractivity contribution in [1.29, 1.82) is 0 Å². The second kappa shape index (κ2) is 11.1. The van der Waals surface area contributed by atoms with E-state index in [4.69, 9.17) is 9.47 Å². The predicted octanol–water partition coefficient (Wildman–Crippen LogP) is 3.55. The van der Waals surface area contributed by atoms with Gasteiger partial charge >= 0.3 is 12.0 Å². The van der Waals surface area contributed by atoms with Crippen molar-refractivity contribution in [2.75, 3.05) is 20.8 Å². The first kappa shape index (κ1) is 23.0. The molecule has 156 valence electrons. The zero-order valence-corrected chi connectivity index (χ0v) is 19.2. The Balaban J connectivity index is 1.95. The number of urea groups is 1. The topological polar surface area (TPSA) is 96.9 Å². The number of amides is 2. The summed E-state index contributed by atoms with van der Waals surface area (Å²) >= 11 is 6.51. The highest BCUT2D eigenvalue weighted by Gasteiger charge is 2.22. The molecule has 7 nitrogen and oxygen atoms in total. The Morgan fingerprint density at radius 1 is 1.10 bits per heavy atom. The van der Waals surface area contributed by atoms with Crippen molar-refractivity contribution < 1.29 is 24.2 Å². The molecule has 29 heavy (non-hydrogen) atoms. The molecular weight excluding hydrogens is 508 g/mol. The molecule has 0 radical (unpaired) electrons. The van der Waals surface area contributed by atoms with Crippen LogP contribution in [0.5, 0.6) is 11.5 Å². The molecule has 0 aliphatic heterocycles. The number of methoxy groups -OCH3 is 2. The molecule has 2 rings (SSSR count). The number of carbonyl (C=O) groups is 2. The number of hydrogen-bond donors (Lipinski definition) is 3. The molecule has 0 bridgehead atoms. The third-order valence-electron chi connectivity index (χ3n) is 4.14. The van der Waals surface area contributed by atoms with Crippen LogP contribution in [-0.2, 0) is 22.4 Å². The summed E-state index contributed by atoms with van der Waals surface area (Å²) in [7, 11) is 2.86. The summed E-state index contributed by atoms with van der Waals surface area (Å²) in [6.07, 6.45) is 0.818. The predicted molar refractivity (Wildman–Crippen MR) is 116 cm³/mol. The van der Waals surface area contributed by atoms with E-state index in [1.807, 2.05) is 24.3 Å². The molecule has 3 N–H and O–H groups in total. The number of esters is 1. The minimum Gasteiger partial charge on any atom is -0.506 e. The van der Waals surface area contributed by atoms with Crippen LogP contribution in [0.3, 0.4) is 0 Å². The van der Waals surface area contributed by atoms with Crippen molar-refractivity contribution in [1.82, 2.24) is 10.6 Å². The number of rotatable bonds is 8. The fraction of sp³-hybridized carbons (Fsp3) is 0.300. The van der Waals surface area contributed by atoms with Gasteiger partial charge in [0.25, 0.3) is 0 Å². The van der Waals surface area contributed by atoms with Gasteiger partial charge in [0.05, 0.1) is 23.2 Å². The lowest BCUT2D eigenvalue weighted by Crippen LogP contribution is -2.48. The van der Waals surface area contributed by atoms with E-state index in [-0.39, 0.29) is 12.2 Å².